The van der Waals surface area contributed by atoms with Gasteiger partial charge in [-0.05, 0) is 0 Å². The first-order chi connectivity index (χ1) is 3.73. The number of hydrogen-bond donors (Lipinski definition) is 2. The van der Waals surface area contributed by atoms with Crippen molar-refractivity contribution in [1.82, 2.24) is 0 Å². The Kier molecular flexibility index (Phi) is 10.3. The van der Waals surface area contributed by atoms with E-state index in [0.29, 0.717) is 0 Å². The van der Waals surface area contributed by atoms with Gasteiger partial charge in [-0.25, -0.2) is 0 Å². The molecule has 0 saturated heterocycles. The van der Waals surface area contributed by atoms with Crippen molar-refractivity contribution in [3.63, 3.8) is 0 Å². The molecule has 9 heteroatoms. The Morgan fingerprint density at radius 2 is 1.11 bits per heavy atom. The standard InChI is InChI=1S/Ce.3ClH.H2O4S/c;;;;1-5(2,3)4/h;3*1H;(H2,1,2,3,4)/q+3;;;;/p-3. The molecule has 0 aromatic heterocycles. The quantitative estimate of drug-likeness (QED) is 0.652. The van der Waals surface area contributed by atoms with Crippen molar-refractivity contribution < 1.29 is 48.2 Å². The molecule has 57 valence electrons. The summed E-state index contributed by atoms with van der Waals surface area (Å²) in [5.41, 5.74) is 15.1. The molecule has 0 aromatic rings. The Morgan fingerprint density at radius 1 is 1.11 bits per heavy atom. The monoisotopic (exact) mass is 343 g/mol. The van der Waals surface area contributed by atoms with E-state index in [1.165, 1.54) is 0 Å². The van der Waals surface area contributed by atoms with E-state index in [2.05, 4.69) is 0 Å². The van der Waals surface area contributed by atoms with Gasteiger partial charge in [0.15, 0.2) is 0 Å². The van der Waals surface area contributed by atoms with E-state index in [9.17, 15) is 0 Å². The van der Waals surface area contributed by atoms with Gasteiger partial charge in [0, 0.05) is 0 Å². The summed E-state index contributed by atoms with van der Waals surface area (Å²) in [6.07, 6.45) is 0. The van der Waals surface area contributed by atoms with Crippen LogP contribution in [-0.4, -0.2) is 17.5 Å². The topological polar surface area (TPSA) is 74.6 Å². The summed E-state index contributed by atoms with van der Waals surface area (Å²) in [7, 11) is -4.67. The summed E-state index contributed by atoms with van der Waals surface area (Å²) in [4.78, 5) is 0. The number of halogens is 3. The predicted octanol–water partition coefficient (Wildman–Crippen LogP) is 1.42. The molecule has 0 spiro atoms. The molecule has 0 fully saturated rings. The first kappa shape index (κ1) is 13.7. The van der Waals surface area contributed by atoms with Gasteiger partial charge in [0.05, 0.1) is 0 Å². The number of rotatable bonds is 0. The molecule has 0 aliphatic heterocycles. The minimum absolute atomic E-state index is 2.24. The molecule has 2 N–H and O–H groups in total. The fourth-order valence-electron chi connectivity index (χ4n) is 0. The normalized spacial score (nSPS) is 9.44. The van der Waals surface area contributed by atoms with Crippen LogP contribution in [0.4, 0.5) is 0 Å². The Morgan fingerprint density at radius 3 is 1.11 bits per heavy atom. The van der Waals surface area contributed by atoms with E-state index in [-0.39, 0.29) is 0 Å². The van der Waals surface area contributed by atoms with Gasteiger partial charge in [0.1, 0.15) is 0 Å². The van der Waals surface area contributed by atoms with Crippen LogP contribution in [0.15, 0.2) is 0 Å². The molecule has 0 saturated carbocycles. The molecular weight excluding hydrogens is 343 g/mol. The summed E-state index contributed by atoms with van der Waals surface area (Å²) in [6, 6.07) is 0. The molecule has 0 rings (SSSR count). The first-order valence-electron chi connectivity index (χ1n) is 1.27. The van der Waals surface area contributed by atoms with Crippen LogP contribution in [0.5, 0.6) is 0 Å². The first-order valence-corrected chi connectivity index (χ1v) is 14.5. The SMILES string of the molecule is O=S(=O)(O)O.[Cl][Ce]([Cl])[Cl]. The maximum atomic E-state index is 8.74. The van der Waals surface area contributed by atoms with Crippen LogP contribution >= 0.6 is 16.9 Å². The third-order valence-corrected chi connectivity index (χ3v) is 0. The van der Waals surface area contributed by atoms with Crippen LogP contribution in [0, 0.1) is 30.7 Å². The third kappa shape index (κ3) is 149. The van der Waals surface area contributed by atoms with Crippen molar-refractivity contribution in [2.45, 2.75) is 0 Å². The number of hydrogen-bond acceptors (Lipinski definition) is 2. The fourth-order valence-corrected chi connectivity index (χ4v) is 0. The van der Waals surface area contributed by atoms with Crippen LogP contribution in [0.25, 0.3) is 0 Å². The van der Waals surface area contributed by atoms with Gasteiger partial charge in [-0.15, -0.1) is 0 Å². The zero-order valence-corrected chi connectivity index (χ0v) is 9.98. The molecule has 0 aliphatic carbocycles. The molecule has 9 heavy (non-hydrogen) atoms. The maximum absolute atomic E-state index is 8.74. The molecule has 0 amide bonds. The van der Waals surface area contributed by atoms with E-state index in [4.69, 9.17) is 34.4 Å². The molecule has 0 unspecified atom stereocenters. The second kappa shape index (κ2) is 6.80. The average Bonchev–Trinajstić information content (AvgIpc) is 1.19. The fraction of sp³-hybridized carbons (Fsp3) is 0. The van der Waals surface area contributed by atoms with Gasteiger partial charge < -0.3 is 0 Å². The van der Waals surface area contributed by atoms with E-state index in [1.807, 2.05) is 0 Å². The zero-order chi connectivity index (χ0) is 8.08. The zero-order valence-electron chi connectivity index (χ0n) is 3.75. The van der Waals surface area contributed by atoms with Crippen LogP contribution in [-0.2, 0) is 10.4 Å². The molecule has 0 atom stereocenters. The summed E-state index contributed by atoms with van der Waals surface area (Å²) in [5, 5.41) is 0. The van der Waals surface area contributed by atoms with Crippen molar-refractivity contribution in [1.29, 1.82) is 0 Å². The molecule has 0 heterocycles. The van der Waals surface area contributed by atoms with Crippen molar-refractivity contribution in [2.75, 3.05) is 0 Å². The van der Waals surface area contributed by atoms with Crippen molar-refractivity contribution >= 4 is 27.3 Å². The molecule has 0 radical (unpaired) electrons. The van der Waals surface area contributed by atoms with Gasteiger partial charge in [-0.3, -0.25) is 9.11 Å². The van der Waals surface area contributed by atoms with E-state index >= 15 is 0 Å². The summed E-state index contributed by atoms with van der Waals surface area (Å²) in [6.45, 7) is 0. The average molecular weight is 345 g/mol. The minimum atomic E-state index is -4.67. The van der Waals surface area contributed by atoms with Crippen molar-refractivity contribution in [3.05, 3.63) is 0 Å². The summed E-state index contributed by atoms with van der Waals surface area (Å²) in [5.74, 6) is 0. The molecule has 0 bridgehead atoms. The Hall–Kier alpha value is 2.12. The predicted molar refractivity (Wildman–Crippen MR) is 31.7 cm³/mol. The van der Waals surface area contributed by atoms with Gasteiger partial charge in [0.2, 0.25) is 0 Å². The van der Waals surface area contributed by atoms with Gasteiger partial charge in [-0.1, -0.05) is 0 Å². The van der Waals surface area contributed by atoms with Crippen molar-refractivity contribution in [3.8, 4) is 0 Å². The van der Waals surface area contributed by atoms with Gasteiger partial charge in [-0.2, -0.15) is 8.42 Å². The van der Waals surface area contributed by atoms with Crippen LogP contribution in [0.3, 0.4) is 0 Å². The third-order valence-electron chi connectivity index (χ3n) is 0. The van der Waals surface area contributed by atoms with E-state index < -0.39 is 41.1 Å². The Bertz CT molecular complexity index is 127. The molecule has 0 aliphatic rings. The second-order valence-corrected chi connectivity index (χ2v) is 15.4. The molecular formula is H2CeCl3O4S. The second-order valence-electron chi connectivity index (χ2n) is 0.662. The van der Waals surface area contributed by atoms with Crippen LogP contribution < -0.4 is 0 Å². The van der Waals surface area contributed by atoms with E-state index in [0.717, 1.165) is 0 Å². The summed E-state index contributed by atoms with van der Waals surface area (Å²) >= 11 is -2.24. The van der Waals surface area contributed by atoms with Crippen LogP contribution in [0.2, 0.25) is 0 Å². The Labute approximate surface area is 73.9 Å². The van der Waals surface area contributed by atoms with Crippen molar-refractivity contribution in [2.24, 2.45) is 0 Å². The van der Waals surface area contributed by atoms with Gasteiger partial charge in [0.25, 0.3) is 0 Å². The molecule has 0 aromatic carbocycles. The summed E-state index contributed by atoms with van der Waals surface area (Å²) < 4.78 is 31.6. The van der Waals surface area contributed by atoms with Gasteiger partial charge >= 0.3 is 58.0 Å². The van der Waals surface area contributed by atoms with E-state index in [1.54, 1.807) is 0 Å². The van der Waals surface area contributed by atoms with Crippen LogP contribution in [0.1, 0.15) is 0 Å². The Balaban J connectivity index is 0. The molecule has 4 nitrogen and oxygen atoms in total.